The number of hydrogen-bond donors (Lipinski definition) is 1. The molecule has 19 heavy (non-hydrogen) atoms. The topological polar surface area (TPSA) is 42.1 Å². The van der Waals surface area contributed by atoms with Gasteiger partial charge in [0.25, 0.3) is 0 Å². The molecule has 0 bridgehead atoms. The van der Waals surface area contributed by atoms with E-state index >= 15 is 0 Å². The summed E-state index contributed by atoms with van der Waals surface area (Å²) in [6.07, 6.45) is 5.47. The molecule has 1 aliphatic rings. The summed E-state index contributed by atoms with van der Waals surface area (Å²) in [5.41, 5.74) is 7.04. The van der Waals surface area contributed by atoms with Crippen LogP contribution < -0.4 is 10.6 Å². The number of nitrogens with zero attached hydrogens (tertiary/aromatic N) is 2. The highest BCUT2D eigenvalue weighted by molar-refractivity contribution is 5.39. The molecular formula is C16H27N3. The molecule has 0 saturated carbocycles. The van der Waals surface area contributed by atoms with Crippen molar-refractivity contribution < 1.29 is 0 Å². The fourth-order valence-electron chi connectivity index (χ4n) is 2.89. The number of anilines is 1. The highest BCUT2D eigenvalue weighted by atomic mass is 15.2. The van der Waals surface area contributed by atoms with E-state index in [0.29, 0.717) is 0 Å². The predicted octanol–water partition coefficient (Wildman–Crippen LogP) is 2.84. The third kappa shape index (κ3) is 3.93. The van der Waals surface area contributed by atoms with Crippen LogP contribution in [0, 0.1) is 11.8 Å². The summed E-state index contributed by atoms with van der Waals surface area (Å²) in [5, 5.41) is 0. The van der Waals surface area contributed by atoms with Crippen LogP contribution in [-0.4, -0.2) is 24.1 Å². The number of pyridine rings is 1. The molecule has 1 aromatic rings. The second kappa shape index (κ2) is 6.38. The van der Waals surface area contributed by atoms with Gasteiger partial charge in [-0.2, -0.15) is 0 Å². The molecule has 2 N–H and O–H groups in total. The van der Waals surface area contributed by atoms with Crippen LogP contribution in [0.4, 0.5) is 5.82 Å². The summed E-state index contributed by atoms with van der Waals surface area (Å²) in [7, 11) is 0. The molecular weight excluding hydrogens is 234 g/mol. The average molecular weight is 261 g/mol. The lowest BCUT2D eigenvalue weighted by atomic mass is 9.87. The SMILES string of the molecule is CC(N)Cc1ccc(N2CCC(C(C)C)CC2)nc1. The van der Waals surface area contributed by atoms with Gasteiger partial charge in [0.15, 0.2) is 0 Å². The van der Waals surface area contributed by atoms with E-state index in [4.69, 9.17) is 5.73 Å². The van der Waals surface area contributed by atoms with Crippen LogP contribution in [-0.2, 0) is 6.42 Å². The Balaban J connectivity index is 1.92. The summed E-state index contributed by atoms with van der Waals surface area (Å²) >= 11 is 0. The van der Waals surface area contributed by atoms with E-state index in [9.17, 15) is 0 Å². The largest absolute Gasteiger partial charge is 0.357 e. The van der Waals surface area contributed by atoms with Crippen molar-refractivity contribution in [1.82, 2.24) is 4.98 Å². The van der Waals surface area contributed by atoms with Crippen LogP contribution in [0.1, 0.15) is 39.2 Å². The van der Waals surface area contributed by atoms with E-state index in [1.54, 1.807) is 0 Å². The molecule has 1 saturated heterocycles. The Kier molecular flexibility index (Phi) is 4.81. The van der Waals surface area contributed by atoms with Crippen molar-refractivity contribution in [2.24, 2.45) is 17.6 Å². The molecule has 1 aromatic heterocycles. The van der Waals surface area contributed by atoms with Crippen molar-refractivity contribution in [3.05, 3.63) is 23.9 Å². The van der Waals surface area contributed by atoms with Gasteiger partial charge in [-0.05, 0) is 49.7 Å². The molecule has 0 aromatic carbocycles. The Morgan fingerprint density at radius 3 is 2.42 bits per heavy atom. The van der Waals surface area contributed by atoms with Crippen LogP contribution in [0.15, 0.2) is 18.3 Å². The maximum absolute atomic E-state index is 5.81. The number of hydrogen-bond acceptors (Lipinski definition) is 3. The zero-order valence-corrected chi connectivity index (χ0v) is 12.5. The number of piperidine rings is 1. The summed E-state index contributed by atoms with van der Waals surface area (Å²) in [6, 6.07) is 4.52. The first kappa shape index (κ1) is 14.3. The number of rotatable bonds is 4. The monoisotopic (exact) mass is 261 g/mol. The quantitative estimate of drug-likeness (QED) is 0.906. The zero-order chi connectivity index (χ0) is 13.8. The van der Waals surface area contributed by atoms with E-state index in [2.05, 4.69) is 35.9 Å². The van der Waals surface area contributed by atoms with E-state index in [-0.39, 0.29) is 6.04 Å². The normalized spacial score (nSPS) is 18.9. The van der Waals surface area contributed by atoms with Gasteiger partial charge in [0.05, 0.1) is 0 Å². The fraction of sp³-hybridized carbons (Fsp3) is 0.688. The Morgan fingerprint density at radius 1 is 1.26 bits per heavy atom. The highest BCUT2D eigenvalue weighted by Crippen LogP contribution is 2.26. The first-order chi connectivity index (χ1) is 9.06. The van der Waals surface area contributed by atoms with Gasteiger partial charge in [-0.15, -0.1) is 0 Å². The minimum Gasteiger partial charge on any atom is -0.357 e. The molecule has 3 nitrogen and oxygen atoms in total. The van der Waals surface area contributed by atoms with Crippen molar-refractivity contribution in [2.75, 3.05) is 18.0 Å². The highest BCUT2D eigenvalue weighted by Gasteiger charge is 2.22. The smallest absolute Gasteiger partial charge is 0.128 e. The fourth-order valence-corrected chi connectivity index (χ4v) is 2.89. The average Bonchev–Trinajstić information content (AvgIpc) is 2.39. The Morgan fingerprint density at radius 2 is 1.95 bits per heavy atom. The molecule has 0 aliphatic carbocycles. The van der Waals surface area contributed by atoms with Crippen molar-refractivity contribution in [3.63, 3.8) is 0 Å². The van der Waals surface area contributed by atoms with Crippen molar-refractivity contribution in [1.29, 1.82) is 0 Å². The van der Waals surface area contributed by atoms with Gasteiger partial charge in [-0.25, -0.2) is 4.98 Å². The van der Waals surface area contributed by atoms with E-state index < -0.39 is 0 Å². The molecule has 2 heterocycles. The standard InChI is InChI=1S/C16H27N3/c1-12(2)15-6-8-19(9-7-15)16-5-4-14(11-18-16)10-13(3)17/h4-5,11-13,15H,6-10,17H2,1-3H3. The van der Waals surface area contributed by atoms with E-state index in [1.165, 1.54) is 18.4 Å². The molecule has 106 valence electrons. The molecule has 1 fully saturated rings. The number of nitrogens with two attached hydrogens (primary N) is 1. The predicted molar refractivity (Wildman–Crippen MR) is 81.4 cm³/mol. The second-order valence-electron chi connectivity index (χ2n) is 6.27. The van der Waals surface area contributed by atoms with Crippen molar-refractivity contribution in [2.45, 2.75) is 46.1 Å². The maximum atomic E-state index is 5.81. The van der Waals surface area contributed by atoms with Crippen LogP contribution in [0.25, 0.3) is 0 Å². The molecule has 0 amide bonds. The third-order valence-corrected chi connectivity index (χ3v) is 4.17. The van der Waals surface area contributed by atoms with Gasteiger partial charge < -0.3 is 10.6 Å². The molecule has 1 aliphatic heterocycles. The lowest BCUT2D eigenvalue weighted by molar-refractivity contribution is 0.310. The summed E-state index contributed by atoms with van der Waals surface area (Å²) in [4.78, 5) is 7.01. The van der Waals surface area contributed by atoms with Crippen LogP contribution in [0.3, 0.4) is 0 Å². The second-order valence-corrected chi connectivity index (χ2v) is 6.27. The van der Waals surface area contributed by atoms with E-state index in [1.807, 2.05) is 13.1 Å². The van der Waals surface area contributed by atoms with Gasteiger partial charge in [0.2, 0.25) is 0 Å². The van der Waals surface area contributed by atoms with Gasteiger partial charge in [-0.1, -0.05) is 19.9 Å². The van der Waals surface area contributed by atoms with Crippen molar-refractivity contribution in [3.8, 4) is 0 Å². The lowest BCUT2D eigenvalue weighted by Gasteiger charge is -2.34. The first-order valence-corrected chi connectivity index (χ1v) is 7.51. The summed E-state index contributed by atoms with van der Waals surface area (Å²) in [5.74, 6) is 2.81. The minimum absolute atomic E-state index is 0.203. The summed E-state index contributed by atoms with van der Waals surface area (Å²) < 4.78 is 0. The Bertz CT molecular complexity index is 375. The first-order valence-electron chi connectivity index (χ1n) is 7.51. The van der Waals surface area contributed by atoms with E-state index in [0.717, 1.165) is 37.2 Å². The summed E-state index contributed by atoms with van der Waals surface area (Å²) in [6.45, 7) is 8.98. The number of aromatic nitrogens is 1. The molecule has 1 atom stereocenters. The lowest BCUT2D eigenvalue weighted by Crippen LogP contribution is -2.35. The maximum Gasteiger partial charge on any atom is 0.128 e. The molecule has 0 spiro atoms. The Hall–Kier alpha value is -1.09. The van der Waals surface area contributed by atoms with Gasteiger partial charge in [-0.3, -0.25) is 0 Å². The van der Waals surface area contributed by atoms with Crippen LogP contribution in [0.5, 0.6) is 0 Å². The van der Waals surface area contributed by atoms with Gasteiger partial charge in [0.1, 0.15) is 5.82 Å². The molecule has 0 radical (unpaired) electrons. The van der Waals surface area contributed by atoms with Crippen LogP contribution >= 0.6 is 0 Å². The molecule has 1 unspecified atom stereocenters. The molecule has 2 rings (SSSR count). The van der Waals surface area contributed by atoms with Crippen LogP contribution in [0.2, 0.25) is 0 Å². The van der Waals surface area contributed by atoms with Crippen molar-refractivity contribution >= 4 is 5.82 Å². The zero-order valence-electron chi connectivity index (χ0n) is 12.5. The third-order valence-electron chi connectivity index (χ3n) is 4.17. The van der Waals surface area contributed by atoms with Gasteiger partial charge >= 0.3 is 0 Å². The minimum atomic E-state index is 0.203. The molecule has 3 heteroatoms. The van der Waals surface area contributed by atoms with Gasteiger partial charge in [0, 0.05) is 25.3 Å². The Labute approximate surface area is 117 Å².